The molecular formula is C2H5BrN. The molecule has 1 radical (unpaired) electrons. The SMILES string of the molecule is [CH2]C(N)Br. The summed E-state index contributed by atoms with van der Waals surface area (Å²) in [4.78, 5) is -0.104. The van der Waals surface area contributed by atoms with Gasteiger partial charge in [0.1, 0.15) is 0 Å². The summed E-state index contributed by atoms with van der Waals surface area (Å²) in [5.41, 5.74) is 4.92. The first-order valence-electron chi connectivity index (χ1n) is 0.960. The van der Waals surface area contributed by atoms with Crippen LogP contribution in [0.25, 0.3) is 0 Å². The van der Waals surface area contributed by atoms with Crippen LogP contribution in [0.1, 0.15) is 0 Å². The highest BCUT2D eigenvalue weighted by Crippen LogP contribution is 1.79. The third kappa shape index (κ3) is 26.1. The lowest BCUT2D eigenvalue weighted by Crippen LogP contribution is -2.02. The number of hydrogen-bond acceptors (Lipinski definition) is 1. The molecule has 0 saturated carbocycles. The van der Waals surface area contributed by atoms with E-state index in [9.17, 15) is 0 Å². The van der Waals surface area contributed by atoms with Gasteiger partial charge in [0, 0.05) is 0 Å². The highest BCUT2D eigenvalue weighted by molar-refractivity contribution is 9.09. The summed E-state index contributed by atoms with van der Waals surface area (Å²) in [7, 11) is 0. The maximum atomic E-state index is 4.92. The van der Waals surface area contributed by atoms with E-state index in [0.717, 1.165) is 0 Å². The van der Waals surface area contributed by atoms with Crippen LogP contribution in [-0.4, -0.2) is 4.95 Å². The smallest absolute Gasteiger partial charge is 0.0606 e. The van der Waals surface area contributed by atoms with Crippen molar-refractivity contribution in [1.29, 1.82) is 0 Å². The van der Waals surface area contributed by atoms with E-state index >= 15 is 0 Å². The Labute approximate surface area is 34.3 Å². The van der Waals surface area contributed by atoms with Crippen LogP contribution in [0.4, 0.5) is 0 Å². The van der Waals surface area contributed by atoms with Crippen LogP contribution in [0.2, 0.25) is 0 Å². The molecule has 0 aliphatic rings. The first kappa shape index (κ1) is 4.44. The summed E-state index contributed by atoms with van der Waals surface area (Å²) in [6.07, 6.45) is 0. The average molecular weight is 123 g/mol. The topological polar surface area (TPSA) is 26.0 Å². The molecule has 25 valence electrons. The fraction of sp³-hybridized carbons (Fsp3) is 0.500. The number of halogens is 1. The van der Waals surface area contributed by atoms with Gasteiger partial charge in [0.2, 0.25) is 0 Å². The largest absolute Gasteiger partial charge is 0.319 e. The zero-order chi connectivity index (χ0) is 3.58. The lowest BCUT2D eigenvalue weighted by atomic mass is 10.8. The fourth-order valence-electron chi connectivity index (χ4n) is 0. The molecule has 4 heavy (non-hydrogen) atoms. The van der Waals surface area contributed by atoms with Crippen molar-refractivity contribution >= 4 is 15.9 Å². The molecule has 1 nitrogen and oxygen atoms in total. The minimum absolute atomic E-state index is 0.104. The molecule has 0 bridgehead atoms. The van der Waals surface area contributed by atoms with Crippen LogP contribution in [0.5, 0.6) is 0 Å². The van der Waals surface area contributed by atoms with E-state index < -0.39 is 0 Å². The van der Waals surface area contributed by atoms with Gasteiger partial charge < -0.3 is 5.73 Å². The van der Waals surface area contributed by atoms with E-state index in [-0.39, 0.29) is 4.95 Å². The molecule has 0 aliphatic heterocycles. The summed E-state index contributed by atoms with van der Waals surface area (Å²) in [5.74, 6) is 0. The van der Waals surface area contributed by atoms with Gasteiger partial charge in [-0.3, -0.25) is 0 Å². The molecule has 2 heteroatoms. The summed E-state index contributed by atoms with van der Waals surface area (Å²) in [5, 5.41) is 0. The van der Waals surface area contributed by atoms with Crippen molar-refractivity contribution in [1.82, 2.24) is 0 Å². The van der Waals surface area contributed by atoms with Crippen LogP contribution in [0, 0.1) is 6.92 Å². The average Bonchev–Trinajstić information content (AvgIpc) is 0.811. The first-order valence-corrected chi connectivity index (χ1v) is 1.88. The molecule has 0 spiro atoms. The molecule has 0 fully saturated rings. The number of alkyl halides is 1. The first-order chi connectivity index (χ1) is 1.73. The third-order valence-electron chi connectivity index (χ3n) is 0. The zero-order valence-electron chi connectivity index (χ0n) is 2.24. The second-order valence-corrected chi connectivity index (χ2v) is 1.69. The van der Waals surface area contributed by atoms with Gasteiger partial charge in [-0.2, -0.15) is 0 Å². The highest BCUT2D eigenvalue weighted by Gasteiger charge is 1.70. The van der Waals surface area contributed by atoms with Crippen LogP contribution in [0.15, 0.2) is 0 Å². The van der Waals surface area contributed by atoms with Gasteiger partial charge in [0.15, 0.2) is 0 Å². The standard InChI is InChI=1S/C2H5BrN/c1-2(3)4/h2H,1,4H2. The monoisotopic (exact) mass is 122 g/mol. The van der Waals surface area contributed by atoms with Gasteiger partial charge in [0.25, 0.3) is 0 Å². The van der Waals surface area contributed by atoms with E-state index in [2.05, 4.69) is 22.9 Å². The van der Waals surface area contributed by atoms with Crippen LogP contribution < -0.4 is 5.73 Å². The Bertz CT molecular complexity index is 10.8. The number of hydrogen-bond donors (Lipinski definition) is 1. The zero-order valence-corrected chi connectivity index (χ0v) is 3.83. The Morgan fingerprint density at radius 1 is 2.00 bits per heavy atom. The second kappa shape index (κ2) is 1.73. The summed E-state index contributed by atoms with van der Waals surface area (Å²) < 4.78 is 0. The Morgan fingerprint density at radius 3 is 2.00 bits per heavy atom. The van der Waals surface area contributed by atoms with Crippen molar-refractivity contribution in [2.24, 2.45) is 5.73 Å². The van der Waals surface area contributed by atoms with E-state index in [4.69, 9.17) is 5.73 Å². The van der Waals surface area contributed by atoms with Crippen molar-refractivity contribution < 1.29 is 0 Å². The normalized spacial score (nSPS) is 15.8. The summed E-state index contributed by atoms with van der Waals surface area (Å²) >= 11 is 2.94. The van der Waals surface area contributed by atoms with Crippen LogP contribution in [0.3, 0.4) is 0 Å². The molecule has 1 atom stereocenters. The molecule has 0 saturated heterocycles. The van der Waals surface area contributed by atoms with Gasteiger partial charge in [-0.05, 0) is 6.92 Å². The van der Waals surface area contributed by atoms with E-state index in [0.29, 0.717) is 0 Å². The molecule has 0 heterocycles. The van der Waals surface area contributed by atoms with Crippen molar-refractivity contribution in [2.75, 3.05) is 0 Å². The molecule has 0 aromatic heterocycles. The molecule has 0 rings (SSSR count). The van der Waals surface area contributed by atoms with Gasteiger partial charge in [0.05, 0.1) is 4.95 Å². The van der Waals surface area contributed by atoms with E-state index in [1.54, 1.807) is 0 Å². The predicted octanol–water partition coefficient (Wildman–Crippen LogP) is 0.500. The molecule has 0 aliphatic carbocycles. The third-order valence-corrected chi connectivity index (χ3v) is 0. The second-order valence-electron chi connectivity index (χ2n) is 0.516. The summed E-state index contributed by atoms with van der Waals surface area (Å²) in [6.45, 7) is 3.33. The Kier molecular flexibility index (Phi) is 1.92. The lowest BCUT2D eigenvalue weighted by Gasteiger charge is -1.78. The maximum absolute atomic E-state index is 4.92. The summed E-state index contributed by atoms with van der Waals surface area (Å²) in [6, 6.07) is 0. The van der Waals surface area contributed by atoms with Crippen LogP contribution in [-0.2, 0) is 0 Å². The Morgan fingerprint density at radius 2 is 2.00 bits per heavy atom. The van der Waals surface area contributed by atoms with Crippen molar-refractivity contribution in [3.05, 3.63) is 6.92 Å². The van der Waals surface area contributed by atoms with Gasteiger partial charge in [-0.1, -0.05) is 15.9 Å². The molecule has 0 aromatic carbocycles. The van der Waals surface area contributed by atoms with Gasteiger partial charge in [-0.25, -0.2) is 0 Å². The van der Waals surface area contributed by atoms with Crippen molar-refractivity contribution in [2.45, 2.75) is 4.95 Å². The predicted molar refractivity (Wildman–Crippen MR) is 22.3 cm³/mol. The van der Waals surface area contributed by atoms with E-state index in [1.807, 2.05) is 0 Å². The molecular weight excluding hydrogens is 118 g/mol. The minimum Gasteiger partial charge on any atom is -0.319 e. The Balaban J connectivity index is 2.32. The molecule has 0 amide bonds. The number of nitrogens with two attached hydrogens (primary N) is 1. The molecule has 2 N–H and O–H groups in total. The molecule has 1 unspecified atom stereocenters. The minimum atomic E-state index is -0.104. The lowest BCUT2D eigenvalue weighted by molar-refractivity contribution is 1.19. The highest BCUT2D eigenvalue weighted by atomic mass is 79.9. The van der Waals surface area contributed by atoms with E-state index in [1.165, 1.54) is 0 Å². The van der Waals surface area contributed by atoms with Crippen molar-refractivity contribution in [3.8, 4) is 0 Å². The van der Waals surface area contributed by atoms with Gasteiger partial charge in [-0.15, -0.1) is 0 Å². The molecule has 0 aromatic rings. The van der Waals surface area contributed by atoms with Crippen molar-refractivity contribution in [3.63, 3.8) is 0 Å². The quantitative estimate of drug-likeness (QED) is 0.368. The fourth-order valence-corrected chi connectivity index (χ4v) is 0. The Hall–Kier alpha value is 0.440. The number of rotatable bonds is 0. The maximum Gasteiger partial charge on any atom is 0.0606 e. The van der Waals surface area contributed by atoms with Gasteiger partial charge >= 0.3 is 0 Å². The van der Waals surface area contributed by atoms with Crippen LogP contribution >= 0.6 is 15.9 Å².